The molecule has 0 saturated heterocycles. The second-order valence-electron chi connectivity index (χ2n) is 3.86. The molecule has 2 aromatic carbocycles. The van der Waals surface area contributed by atoms with Crippen molar-refractivity contribution in [2.45, 2.75) is 6.61 Å². The second-order valence-corrected chi connectivity index (χ2v) is 3.86. The molecule has 2 N–H and O–H groups in total. The Bertz CT molecular complexity index is 630. The van der Waals surface area contributed by atoms with Gasteiger partial charge in [-0.15, -0.1) is 0 Å². The van der Waals surface area contributed by atoms with Crippen LogP contribution in [0.1, 0.15) is 11.1 Å². The maximum atomic E-state index is 13.5. The number of nitrogen functional groups attached to an aromatic ring is 1. The highest BCUT2D eigenvalue weighted by Crippen LogP contribution is 2.26. The van der Waals surface area contributed by atoms with Crippen molar-refractivity contribution in [2.24, 2.45) is 0 Å². The SMILES string of the molecule is N#Cc1ccc(F)cc1COc1c(N)cccc1F. The standard InChI is InChI=1S/C14H10F2N2O/c15-11-5-4-9(7-17)10(6-11)8-19-14-12(16)2-1-3-13(14)18/h1-6H,8,18H2. The zero-order valence-electron chi connectivity index (χ0n) is 9.86. The zero-order valence-corrected chi connectivity index (χ0v) is 9.86. The number of nitrogens with zero attached hydrogens (tertiary/aromatic N) is 1. The number of para-hydroxylation sites is 1. The zero-order chi connectivity index (χ0) is 13.8. The molecule has 0 aliphatic rings. The summed E-state index contributed by atoms with van der Waals surface area (Å²) in [6.45, 7) is -0.133. The van der Waals surface area contributed by atoms with Gasteiger partial charge in [0.1, 0.15) is 12.4 Å². The number of ether oxygens (including phenoxy) is 1. The van der Waals surface area contributed by atoms with E-state index in [9.17, 15) is 8.78 Å². The minimum absolute atomic E-state index is 0.101. The topological polar surface area (TPSA) is 59.0 Å². The van der Waals surface area contributed by atoms with Crippen molar-refractivity contribution >= 4 is 5.69 Å². The van der Waals surface area contributed by atoms with Crippen LogP contribution in [0.4, 0.5) is 14.5 Å². The van der Waals surface area contributed by atoms with Gasteiger partial charge >= 0.3 is 0 Å². The van der Waals surface area contributed by atoms with Crippen molar-refractivity contribution in [3.8, 4) is 11.8 Å². The maximum Gasteiger partial charge on any atom is 0.178 e. The summed E-state index contributed by atoms with van der Waals surface area (Å²) in [7, 11) is 0. The van der Waals surface area contributed by atoms with E-state index in [1.165, 1.54) is 36.4 Å². The van der Waals surface area contributed by atoms with E-state index in [0.29, 0.717) is 5.56 Å². The van der Waals surface area contributed by atoms with Crippen LogP contribution in [0, 0.1) is 23.0 Å². The van der Waals surface area contributed by atoms with Crippen molar-refractivity contribution in [3.05, 3.63) is 59.2 Å². The molecule has 0 saturated carbocycles. The number of anilines is 1. The molecule has 0 unspecified atom stereocenters. The van der Waals surface area contributed by atoms with E-state index in [4.69, 9.17) is 15.7 Å². The molecule has 0 atom stereocenters. The van der Waals surface area contributed by atoms with Crippen molar-refractivity contribution in [1.29, 1.82) is 5.26 Å². The monoisotopic (exact) mass is 260 g/mol. The van der Waals surface area contributed by atoms with Gasteiger partial charge in [0.05, 0.1) is 17.3 Å². The molecular weight excluding hydrogens is 250 g/mol. The van der Waals surface area contributed by atoms with Crippen LogP contribution in [0.3, 0.4) is 0 Å². The quantitative estimate of drug-likeness (QED) is 0.863. The number of benzene rings is 2. The molecule has 3 nitrogen and oxygen atoms in total. The molecule has 0 aliphatic heterocycles. The lowest BCUT2D eigenvalue weighted by Crippen LogP contribution is -2.03. The molecule has 2 rings (SSSR count). The molecule has 0 bridgehead atoms. The van der Waals surface area contributed by atoms with Crippen LogP contribution in [0.15, 0.2) is 36.4 Å². The van der Waals surface area contributed by atoms with Gasteiger partial charge in [-0.3, -0.25) is 0 Å². The number of halogens is 2. The second kappa shape index (κ2) is 5.36. The average molecular weight is 260 g/mol. The number of hydrogen-bond acceptors (Lipinski definition) is 3. The van der Waals surface area contributed by atoms with Crippen molar-refractivity contribution in [2.75, 3.05) is 5.73 Å². The summed E-state index contributed by atoms with van der Waals surface area (Å²) in [5, 5.41) is 8.89. The molecule has 19 heavy (non-hydrogen) atoms. The first-order valence-electron chi connectivity index (χ1n) is 5.47. The Balaban J connectivity index is 2.24. The molecule has 5 heteroatoms. The van der Waals surface area contributed by atoms with Crippen LogP contribution in [0.5, 0.6) is 5.75 Å². The van der Waals surface area contributed by atoms with E-state index < -0.39 is 11.6 Å². The van der Waals surface area contributed by atoms with Crippen LogP contribution in [-0.2, 0) is 6.61 Å². The summed E-state index contributed by atoms with van der Waals surface area (Å²) in [6.07, 6.45) is 0. The highest BCUT2D eigenvalue weighted by Gasteiger charge is 2.10. The Hall–Kier alpha value is -2.61. The summed E-state index contributed by atoms with van der Waals surface area (Å²) < 4.78 is 31.8. The first kappa shape index (κ1) is 12.8. The van der Waals surface area contributed by atoms with Gasteiger partial charge < -0.3 is 10.5 Å². The Morgan fingerprint density at radius 1 is 1.21 bits per heavy atom. The largest absolute Gasteiger partial charge is 0.484 e. The maximum absolute atomic E-state index is 13.5. The predicted octanol–water partition coefficient (Wildman–Crippen LogP) is 3.00. The van der Waals surface area contributed by atoms with E-state index in [0.717, 1.165) is 0 Å². The molecule has 0 radical (unpaired) electrons. The number of nitrogens with two attached hydrogens (primary N) is 1. The Labute approximate surface area is 108 Å². The minimum Gasteiger partial charge on any atom is -0.484 e. The lowest BCUT2D eigenvalue weighted by molar-refractivity contribution is 0.291. The fourth-order valence-corrected chi connectivity index (χ4v) is 1.62. The van der Waals surface area contributed by atoms with Gasteiger partial charge in [-0.2, -0.15) is 5.26 Å². The van der Waals surface area contributed by atoms with E-state index in [1.807, 2.05) is 6.07 Å². The van der Waals surface area contributed by atoms with Gasteiger partial charge in [-0.05, 0) is 30.3 Å². The van der Waals surface area contributed by atoms with E-state index in [-0.39, 0.29) is 23.6 Å². The fraction of sp³-hybridized carbons (Fsp3) is 0.0714. The van der Waals surface area contributed by atoms with Crippen LogP contribution in [0.25, 0.3) is 0 Å². The van der Waals surface area contributed by atoms with E-state index >= 15 is 0 Å². The van der Waals surface area contributed by atoms with Gasteiger partial charge in [0, 0.05) is 5.56 Å². The third-order valence-electron chi connectivity index (χ3n) is 2.56. The van der Waals surface area contributed by atoms with Crippen LogP contribution < -0.4 is 10.5 Å². The lowest BCUT2D eigenvalue weighted by Gasteiger charge is -2.10. The summed E-state index contributed by atoms with van der Waals surface area (Å²) in [5.74, 6) is -1.19. The molecule has 2 aromatic rings. The van der Waals surface area contributed by atoms with E-state index in [1.54, 1.807) is 0 Å². The summed E-state index contributed by atoms with van der Waals surface area (Å²) in [6, 6.07) is 9.78. The van der Waals surface area contributed by atoms with Gasteiger partial charge in [0.2, 0.25) is 0 Å². The first-order chi connectivity index (χ1) is 9.11. The van der Waals surface area contributed by atoms with Gasteiger partial charge in [-0.1, -0.05) is 6.07 Å². The molecule has 0 heterocycles. The van der Waals surface area contributed by atoms with E-state index in [2.05, 4.69) is 0 Å². The number of nitriles is 1. The van der Waals surface area contributed by atoms with Crippen molar-refractivity contribution in [1.82, 2.24) is 0 Å². The van der Waals surface area contributed by atoms with Crippen LogP contribution in [0.2, 0.25) is 0 Å². The molecule has 0 fully saturated rings. The predicted molar refractivity (Wildman–Crippen MR) is 66.3 cm³/mol. The van der Waals surface area contributed by atoms with Gasteiger partial charge in [-0.25, -0.2) is 8.78 Å². The summed E-state index contributed by atoms with van der Waals surface area (Å²) in [5.41, 5.74) is 6.34. The Kier molecular flexibility index (Phi) is 3.62. The molecule has 0 aliphatic carbocycles. The Morgan fingerprint density at radius 3 is 2.68 bits per heavy atom. The smallest absolute Gasteiger partial charge is 0.178 e. The Morgan fingerprint density at radius 2 is 2.00 bits per heavy atom. The van der Waals surface area contributed by atoms with Gasteiger partial charge in [0.25, 0.3) is 0 Å². The third-order valence-corrected chi connectivity index (χ3v) is 2.56. The molecule has 0 spiro atoms. The molecule has 0 amide bonds. The van der Waals surface area contributed by atoms with Crippen LogP contribution in [-0.4, -0.2) is 0 Å². The summed E-state index contributed by atoms with van der Waals surface area (Å²) in [4.78, 5) is 0. The highest BCUT2D eigenvalue weighted by atomic mass is 19.1. The van der Waals surface area contributed by atoms with Crippen molar-refractivity contribution < 1.29 is 13.5 Å². The van der Waals surface area contributed by atoms with Gasteiger partial charge in [0.15, 0.2) is 11.6 Å². The lowest BCUT2D eigenvalue weighted by atomic mass is 10.1. The average Bonchev–Trinajstić information content (AvgIpc) is 2.38. The fourth-order valence-electron chi connectivity index (χ4n) is 1.62. The normalized spacial score (nSPS) is 9.95. The minimum atomic E-state index is -0.602. The summed E-state index contributed by atoms with van der Waals surface area (Å²) >= 11 is 0. The van der Waals surface area contributed by atoms with Crippen molar-refractivity contribution in [3.63, 3.8) is 0 Å². The number of hydrogen-bond donors (Lipinski definition) is 1. The van der Waals surface area contributed by atoms with Crippen LogP contribution >= 0.6 is 0 Å². The molecule has 96 valence electrons. The first-order valence-corrected chi connectivity index (χ1v) is 5.47. The molecular formula is C14H10F2N2O. The number of rotatable bonds is 3. The molecule has 0 aromatic heterocycles. The highest BCUT2D eigenvalue weighted by molar-refractivity contribution is 5.53. The third kappa shape index (κ3) is 2.80.